The minimum Gasteiger partial charge on any atom is -0.443 e. The van der Waals surface area contributed by atoms with Gasteiger partial charge in [-0.2, -0.15) is 0 Å². The first-order chi connectivity index (χ1) is 26.3. The Morgan fingerprint density at radius 2 is 1.45 bits per heavy atom. The summed E-state index contributed by atoms with van der Waals surface area (Å²) < 4.78 is 6.34. The molecule has 13 nitrogen and oxygen atoms in total. The number of aromatic nitrogens is 7. The topological polar surface area (TPSA) is 175 Å². The summed E-state index contributed by atoms with van der Waals surface area (Å²) in [6.45, 7) is 6.55. The van der Waals surface area contributed by atoms with Gasteiger partial charge < -0.3 is 15.8 Å². The number of thiazole rings is 1. The predicted octanol–water partition coefficient (Wildman–Crippen LogP) is 8.36. The van der Waals surface area contributed by atoms with Crippen molar-refractivity contribution in [3.8, 4) is 10.6 Å². The van der Waals surface area contributed by atoms with Crippen molar-refractivity contribution in [3.63, 3.8) is 0 Å². The van der Waals surface area contributed by atoms with Crippen LogP contribution in [-0.2, 0) is 26.8 Å². The lowest BCUT2D eigenvalue weighted by atomic mass is 9.66. The molecule has 2 amide bonds. The zero-order valence-corrected chi connectivity index (χ0v) is 34.6. The second-order valence-corrected chi connectivity index (χ2v) is 17.5. The first kappa shape index (κ1) is 40.4. The number of hydrogen-bond acceptors (Lipinski definition) is 12. The average Bonchev–Trinajstić information content (AvgIpc) is 3.57. The van der Waals surface area contributed by atoms with Crippen molar-refractivity contribution in [1.29, 1.82) is 0 Å². The van der Waals surface area contributed by atoms with Gasteiger partial charge in [0, 0.05) is 77.7 Å². The molecule has 0 saturated heterocycles. The highest BCUT2D eigenvalue weighted by Crippen LogP contribution is 2.47. The number of carbonyl (C=O) groups excluding carboxylic acids is 2. The summed E-state index contributed by atoms with van der Waals surface area (Å²) in [7, 11) is 0. The van der Waals surface area contributed by atoms with E-state index in [2.05, 4.69) is 56.1 Å². The minimum atomic E-state index is -0.625. The summed E-state index contributed by atoms with van der Waals surface area (Å²) in [4.78, 5) is 57.0. The smallest absolute Gasteiger partial charge is 0.417 e. The molecule has 3 N–H and O–H groups in total. The number of nitrogens with zero attached hydrogens (tertiary/aromatic N) is 8. The highest BCUT2D eigenvalue weighted by Gasteiger charge is 2.45. The number of pyridine rings is 2. The summed E-state index contributed by atoms with van der Waals surface area (Å²) >= 11 is 17.5. The molecular weight excluding hydrogens is 827 g/mol. The third-order valence-electron chi connectivity index (χ3n) is 9.45. The van der Waals surface area contributed by atoms with Crippen LogP contribution in [0.3, 0.4) is 0 Å². The maximum Gasteiger partial charge on any atom is 0.417 e. The highest BCUT2D eigenvalue weighted by atomic mass is 79.9. The molecule has 5 heterocycles. The molecule has 7 rings (SSSR count). The molecule has 55 heavy (non-hydrogen) atoms. The van der Waals surface area contributed by atoms with E-state index < -0.39 is 11.7 Å². The second-order valence-electron chi connectivity index (χ2n) is 14.6. The number of amides is 2. The van der Waals surface area contributed by atoms with Gasteiger partial charge in [0.05, 0.1) is 32.3 Å². The number of ether oxygens (including phenoxy) is 1. The van der Waals surface area contributed by atoms with Gasteiger partial charge >= 0.3 is 6.09 Å². The maximum absolute atomic E-state index is 12.9. The van der Waals surface area contributed by atoms with Crippen molar-refractivity contribution in [2.24, 2.45) is 5.73 Å². The number of halogens is 3. The normalized spacial score (nSPS) is 15.4. The molecule has 0 aliphatic heterocycles. The van der Waals surface area contributed by atoms with Crippen LogP contribution in [0.2, 0.25) is 10.0 Å². The molecule has 0 radical (unpaired) electrons. The van der Waals surface area contributed by atoms with Crippen LogP contribution in [0.4, 0.5) is 16.7 Å². The van der Waals surface area contributed by atoms with Crippen LogP contribution in [0.5, 0.6) is 0 Å². The third kappa shape index (κ3) is 9.93. The van der Waals surface area contributed by atoms with E-state index in [4.69, 9.17) is 33.7 Å². The molecule has 5 aromatic rings. The Morgan fingerprint density at radius 3 is 1.96 bits per heavy atom. The van der Waals surface area contributed by atoms with Crippen LogP contribution >= 0.6 is 50.5 Å². The van der Waals surface area contributed by atoms with Crippen LogP contribution in [0.1, 0.15) is 75.6 Å². The fourth-order valence-corrected chi connectivity index (χ4v) is 8.23. The van der Waals surface area contributed by atoms with Gasteiger partial charge in [-0.05, 0) is 86.6 Å². The van der Waals surface area contributed by atoms with Gasteiger partial charge in [0.15, 0.2) is 0 Å². The lowest BCUT2D eigenvalue weighted by molar-refractivity contribution is -0.117. The molecule has 0 aromatic carbocycles. The number of anilines is 2. The quantitative estimate of drug-likeness (QED) is 0.131. The van der Waals surface area contributed by atoms with Crippen LogP contribution in [0.25, 0.3) is 10.6 Å². The fraction of sp³-hybridized carbons (Fsp3) is 0.395. The van der Waals surface area contributed by atoms with E-state index >= 15 is 0 Å². The van der Waals surface area contributed by atoms with Gasteiger partial charge in [-0.1, -0.05) is 36.0 Å². The highest BCUT2D eigenvalue weighted by molar-refractivity contribution is 9.10. The molecule has 0 bridgehead atoms. The molecule has 0 spiro atoms. The Hall–Kier alpha value is -4.31. The molecule has 2 saturated carbocycles. The Morgan fingerprint density at radius 1 is 0.873 bits per heavy atom. The Bertz CT molecular complexity index is 2110. The lowest BCUT2D eigenvalue weighted by Crippen LogP contribution is -2.50. The zero-order valence-electron chi connectivity index (χ0n) is 30.6. The SMILES string of the molecule is CC(C)(C)OC(=O)N(CC1(c2ncccc2Cl)CCC1)c1ncc(Br)cn1.NC(=O)Cc1cnc(-c2cnc(NCC3(c4ncccc4Cl)CCC3)nc2)s1. The van der Waals surface area contributed by atoms with E-state index in [1.54, 1.807) is 43.4 Å². The van der Waals surface area contributed by atoms with Gasteiger partial charge in [0.1, 0.15) is 10.6 Å². The van der Waals surface area contributed by atoms with Crippen LogP contribution in [-0.4, -0.2) is 65.6 Å². The standard InChI is InChI=1S/C19H22BrClN4O2.C19H19ClN6OS/c1-18(2,3)27-17(26)25(16-23-10-13(20)11-24-16)12-19(7-5-8-19)15-14(21)6-4-9-22-15;20-14-3-1-6-22-16(14)19(4-2-5-19)11-26-18-24-8-12(9-25-18)17-23-10-13(28-17)7-15(21)27/h4,6,9-11H,5,7-8,12H2,1-3H3;1,3,6,8-10H,2,4-5,7,11H2,(H2,21,27)(H,24,25,26). The number of hydrogen-bond donors (Lipinski definition) is 2. The number of primary amides is 1. The Labute approximate surface area is 342 Å². The van der Waals surface area contributed by atoms with Gasteiger partial charge in [-0.3, -0.25) is 14.8 Å². The van der Waals surface area contributed by atoms with Gasteiger partial charge in [-0.15, -0.1) is 11.3 Å². The number of rotatable bonds is 11. The van der Waals surface area contributed by atoms with Crippen molar-refractivity contribution in [2.45, 2.75) is 82.1 Å². The molecule has 2 aliphatic carbocycles. The van der Waals surface area contributed by atoms with Crippen molar-refractivity contribution in [2.75, 3.05) is 23.3 Å². The molecular formula is C38H41BrCl2N10O3S. The van der Waals surface area contributed by atoms with E-state index in [0.29, 0.717) is 35.0 Å². The van der Waals surface area contributed by atoms with E-state index in [1.165, 1.54) is 16.2 Å². The van der Waals surface area contributed by atoms with Gasteiger partial charge in [0.25, 0.3) is 0 Å². The fourth-order valence-electron chi connectivity index (χ4n) is 6.48. The summed E-state index contributed by atoms with van der Waals surface area (Å²) in [6.07, 6.45) is 17.6. The molecule has 0 unspecified atom stereocenters. The molecule has 5 aromatic heterocycles. The maximum atomic E-state index is 12.9. The first-order valence-corrected chi connectivity index (χ1v) is 20.1. The Balaban J connectivity index is 0.000000187. The average molecular weight is 869 g/mol. The van der Waals surface area contributed by atoms with Gasteiger partial charge in [0.2, 0.25) is 17.8 Å². The number of nitrogens with two attached hydrogens (primary N) is 1. The van der Waals surface area contributed by atoms with Crippen LogP contribution in [0.15, 0.2) is 72.1 Å². The van der Waals surface area contributed by atoms with Crippen LogP contribution < -0.4 is 16.0 Å². The second kappa shape index (κ2) is 17.2. The van der Waals surface area contributed by atoms with E-state index in [9.17, 15) is 9.59 Å². The largest absolute Gasteiger partial charge is 0.443 e. The molecule has 2 aliphatic rings. The lowest BCUT2D eigenvalue weighted by Gasteiger charge is -2.44. The zero-order chi connectivity index (χ0) is 39.2. The van der Waals surface area contributed by atoms with E-state index in [-0.39, 0.29) is 23.2 Å². The number of carbonyl (C=O) groups is 2. The molecule has 2 fully saturated rings. The van der Waals surface area contributed by atoms with Gasteiger partial charge in [-0.25, -0.2) is 34.6 Å². The monoisotopic (exact) mass is 866 g/mol. The van der Waals surface area contributed by atoms with Crippen molar-refractivity contribution < 1.29 is 14.3 Å². The summed E-state index contributed by atoms with van der Waals surface area (Å²) in [5.41, 5.74) is 6.75. The van der Waals surface area contributed by atoms with Crippen molar-refractivity contribution >= 4 is 74.4 Å². The van der Waals surface area contributed by atoms with E-state index in [1.807, 2.05) is 45.0 Å². The summed E-state index contributed by atoms with van der Waals surface area (Å²) in [5, 5.41) is 5.40. The summed E-state index contributed by atoms with van der Waals surface area (Å²) in [6, 6.07) is 7.37. The molecule has 17 heteroatoms. The third-order valence-corrected chi connectivity index (χ3v) is 11.5. The predicted molar refractivity (Wildman–Crippen MR) is 217 cm³/mol. The van der Waals surface area contributed by atoms with Crippen molar-refractivity contribution in [1.82, 2.24) is 34.9 Å². The number of nitrogens with one attached hydrogen (secondary N) is 1. The molecule has 0 atom stereocenters. The summed E-state index contributed by atoms with van der Waals surface area (Å²) in [5.74, 6) is 0.478. The van der Waals surface area contributed by atoms with Crippen molar-refractivity contribution in [3.05, 3.63) is 98.4 Å². The Kier molecular flexibility index (Phi) is 12.6. The van der Waals surface area contributed by atoms with E-state index in [0.717, 1.165) is 69.8 Å². The minimum absolute atomic E-state index is 0.0701. The molecule has 288 valence electrons. The first-order valence-electron chi connectivity index (χ1n) is 17.8. The van der Waals surface area contributed by atoms with Crippen LogP contribution in [0, 0.1) is 0 Å².